The first-order chi connectivity index (χ1) is 13.1. The lowest BCUT2D eigenvalue weighted by atomic mass is 9.94. The number of benzene rings is 2. The van der Waals surface area contributed by atoms with Crippen molar-refractivity contribution in [3.05, 3.63) is 89.2 Å². The molecule has 5 heteroatoms. The average Bonchev–Trinajstić information content (AvgIpc) is 2.73. The molecule has 0 unspecified atom stereocenters. The van der Waals surface area contributed by atoms with E-state index in [4.69, 9.17) is 9.47 Å². The number of aromatic nitrogens is 1. The number of methoxy groups -OCH3 is 2. The molecule has 0 N–H and O–H groups in total. The van der Waals surface area contributed by atoms with Gasteiger partial charge in [0.2, 0.25) is 0 Å². The van der Waals surface area contributed by atoms with Crippen LogP contribution in [0, 0.1) is 0 Å². The van der Waals surface area contributed by atoms with Gasteiger partial charge in [-0.2, -0.15) is 0 Å². The number of carbonyl (C=O) groups excluding carboxylic acids is 2. The van der Waals surface area contributed by atoms with Gasteiger partial charge >= 0.3 is 11.9 Å². The van der Waals surface area contributed by atoms with Gasteiger partial charge in [0, 0.05) is 18.3 Å². The van der Waals surface area contributed by atoms with Crippen LogP contribution in [0.2, 0.25) is 0 Å². The Bertz CT molecular complexity index is 967. The van der Waals surface area contributed by atoms with Gasteiger partial charge in [-0.25, -0.2) is 9.59 Å². The molecular weight excluding hydrogens is 342 g/mol. The summed E-state index contributed by atoms with van der Waals surface area (Å²) in [4.78, 5) is 28.6. The van der Waals surface area contributed by atoms with Gasteiger partial charge in [0.1, 0.15) is 0 Å². The van der Waals surface area contributed by atoms with Crippen molar-refractivity contribution >= 4 is 11.9 Å². The van der Waals surface area contributed by atoms with E-state index in [-0.39, 0.29) is 0 Å². The predicted molar refractivity (Wildman–Crippen MR) is 102 cm³/mol. The van der Waals surface area contributed by atoms with Crippen LogP contribution in [-0.2, 0) is 15.9 Å². The number of esters is 2. The number of rotatable bonds is 5. The van der Waals surface area contributed by atoms with Gasteiger partial charge in [0.15, 0.2) is 0 Å². The van der Waals surface area contributed by atoms with Crippen molar-refractivity contribution in [2.24, 2.45) is 0 Å². The van der Waals surface area contributed by atoms with Crippen molar-refractivity contribution < 1.29 is 19.1 Å². The molecule has 0 atom stereocenters. The van der Waals surface area contributed by atoms with E-state index in [0.29, 0.717) is 17.5 Å². The number of pyridine rings is 1. The fourth-order valence-corrected chi connectivity index (χ4v) is 2.94. The molecule has 0 aliphatic carbocycles. The molecule has 0 radical (unpaired) electrons. The maximum atomic E-state index is 12.2. The van der Waals surface area contributed by atoms with Gasteiger partial charge in [-0.05, 0) is 47.0 Å². The summed E-state index contributed by atoms with van der Waals surface area (Å²) >= 11 is 0. The zero-order valence-corrected chi connectivity index (χ0v) is 15.1. The van der Waals surface area contributed by atoms with E-state index in [1.165, 1.54) is 14.2 Å². The SMILES string of the molecule is COC(=O)c1ccc(-c2ccccc2C(=O)OC)cc1Cc1ccccn1. The van der Waals surface area contributed by atoms with E-state index >= 15 is 0 Å². The molecule has 0 amide bonds. The lowest BCUT2D eigenvalue weighted by molar-refractivity contribution is 0.0591. The number of nitrogens with zero attached hydrogens (tertiary/aromatic N) is 1. The molecule has 3 aromatic rings. The fraction of sp³-hybridized carbons (Fsp3) is 0.136. The molecule has 0 aliphatic heterocycles. The van der Waals surface area contributed by atoms with Gasteiger partial charge in [0.05, 0.1) is 25.3 Å². The first-order valence-electron chi connectivity index (χ1n) is 8.43. The summed E-state index contributed by atoms with van der Waals surface area (Å²) < 4.78 is 9.79. The van der Waals surface area contributed by atoms with Crippen LogP contribution in [0.25, 0.3) is 11.1 Å². The van der Waals surface area contributed by atoms with Crippen LogP contribution in [0.3, 0.4) is 0 Å². The third-order valence-electron chi connectivity index (χ3n) is 4.25. The highest BCUT2D eigenvalue weighted by Gasteiger charge is 2.17. The van der Waals surface area contributed by atoms with Crippen molar-refractivity contribution in [3.8, 4) is 11.1 Å². The Morgan fingerprint density at radius 1 is 0.852 bits per heavy atom. The third kappa shape index (κ3) is 4.03. The van der Waals surface area contributed by atoms with Gasteiger partial charge in [-0.15, -0.1) is 0 Å². The largest absolute Gasteiger partial charge is 0.465 e. The number of carbonyl (C=O) groups is 2. The summed E-state index contributed by atoms with van der Waals surface area (Å²) in [5.74, 6) is -0.817. The molecule has 3 rings (SSSR count). The quantitative estimate of drug-likeness (QED) is 0.645. The van der Waals surface area contributed by atoms with Crippen LogP contribution in [0.4, 0.5) is 0 Å². The summed E-state index contributed by atoms with van der Waals surface area (Å²) in [5.41, 5.74) is 4.11. The molecule has 2 aromatic carbocycles. The second-order valence-electron chi connectivity index (χ2n) is 5.90. The monoisotopic (exact) mass is 361 g/mol. The van der Waals surface area contributed by atoms with E-state index < -0.39 is 11.9 Å². The van der Waals surface area contributed by atoms with E-state index in [0.717, 1.165) is 22.4 Å². The van der Waals surface area contributed by atoms with Crippen LogP contribution in [0.15, 0.2) is 66.9 Å². The smallest absolute Gasteiger partial charge is 0.338 e. The van der Waals surface area contributed by atoms with Gasteiger partial charge < -0.3 is 9.47 Å². The van der Waals surface area contributed by atoms with E-state index in [1.807, 2.05) is 36.4 Å². The molecule has 0 bridgehead atoms. The topological polar surface area (TPSA) is 65.5 Å². The van der Waals surface area contributed by atoms with Crippen molar-refractivity contribution in [2.45, 2.75) is 6.42 Å². The second-order valence-corrected chi connectivity index (χ2v) is 5.90. The summed E-state index contributed by atoms with van der Waals surface area (Å²) in [5, 5.41) is 0. The zero-order chi connectivity index (χ0) is 19.2. The lowest BCUT2D eigenvalue weighted by Crippen LogP contribution is -2.08. The second kappa shape index (κ2) is 8.27. The lowest BCUT2D eigenvalue weighted by Gasteiger charge is -2.13. The molecule has 0 saturated carbocycles. The van der Waals surface area contributed by atoms with Crippen molar-refractivity contribution in [1.29, 1.82) is 0 Å². The molecular formula is C22H19NO4. The van der Waals surface area contributed by atoms with E-state index in [9.17, 15) is 9.59 Å². The molecule has 5 nitrogen and oxygen atoms in total. The minimum Gasteiger partial charge on any atom is -0.465 e. The van der Waals surface area contributed by atoms with E-state index in [1.54, 1.807) is 30.5 Å². The normalized spacial score (nSPS) is 10.3. The summed E-state index contributed by atoms with van der Waals surface area (Å²) in [6, 6.07) is 18.3. The Hall–Kier alpha value is -3.47. The third-order valence-corrected chi connectivity index (χ3v) is 4.25. The number of hydrogen-bond donors (Lipinski definition) is 0. The Morgan fingerprint density at radius 3 is 2.26 bits per heavy atom. The summed E-state index contributed by atoms with van der Waals surface area (Å²) in [6.07, 6.45) is 2.18. The predicted octanol–water partition coefficient (Wildman–Crippen LogP) is 3.91. The van der Waals surface area contributed by atoms with Crippen LogP contribution in [0.1, 0.15) is 32.0 Å². The van der Waals surface area contributed by atoms with Crippen molar-refractivity contribution in [2.75, 3.05) is 14.2 Å². The van der Waals surface area contributed by atoms with Crippen LogP contribution >= 0.6 is 0 Å². The van der Waals surface area contributed by atoms with Crippen molar-refractivity contribution in [1.82, 2.24) is 4.98 Å². The Morgan fingerprint density at radius 2 is 1.56 bits per heavy atom. The molecule has 27 heavy (non-hydrogen) atoms. The van der Waals surface area contributed by atoms with Crippen LogP contribution < -0.4 is 0 Å². The molecule has 0 spiro atoms. The van der Waals surface area contributed by atoms with Crippen LogP contribution in [0.5, 0.6) is 0 Å². The van der Waals surface area contributed by atoms with E-state index in [2.05, 4.69) is 4.98 Å². The Labute approximate surface area is 157 Å². The highest BCUT2D eigenvalue weighted by molar-refractivity contribution is 5.98. The standard InChI is InChI=1S/C22H19NO4/c1-26-21(24)19-11-10-15(13-16(19)14-17-7-5-6-12-23-17)18-8-3-4-9-20(18)22(25)27-2/h3-13H,14H2,1-2H3. The summed E-state index contributed by atoms with van der Waals surface area (Å²) in [7, 11) is 2.71. The maximum Gasteiger partial charge on any atom is 0.338 e. The van der Waals surface area contributed by atoms with Crippen LogP contribution in [-0.4, -0.2) is 31.1 Å². The highest BCUT2D eigenvalue weighted by atomic mass is 16.5. The molecule has 0 aliphatic rings. The average molecular weight is 361 g/mol. The molecule has 136 valence electrons. The first-order valence-corrected chi connectivity index (χ1v) is 8.43. The zero-order valence-electron chi connectivity index (χ0n) is 15.1. The van der Waals surface area contributed by atoms with Gasteiger partial charge in [0.25, 0.3) is 0 Å². The molecule has 0 fully saturated rings. The molecule has 1 aromatic heterocycles. The minimum absolute atomic E-state index is 0.408. The number of ether oxygens (including phenoxy) is 2. The summed E-state index contributed by atoms with van der Waals surface area (Å²) in [6.45, 7) is 0. The molecule has 1 heterocycles. The minimum atomic E-state index is -0.409. The fourth-order valence-electron chi connectivity index (χ4n) is 2.94. The van der Waals surface area contributed by atoms with Crippen molar-refractivity contribution in [3.63, 3.8) is 0 Å². The van der Waals surface area contributed by atoms with Gasteiger partial charge in [-0.3, -0.25) is 4.98 Å². The Kier molecular flexibility index (Phi) is 5.61. The van der Waals surface area contributed by atoms with Gasteiger partial charge in [-0.1, -0.05) is 30.3 Å². The first kappa shape index (κ1) is 18.3. The molecule has 0 saturated heterocycles. The highest BCUT2D eigenvalue weighted by Crippen LogP contribution is 2.28. The Balaban J connectivity index is 2.10. The maximum absolute atomic E-state index is 12.2. The number of hydrogen-bond acceptors (Lipinski definition) is 5.